The van der Waals surface area contributed by atoms with Crippen LogP contribution < -0.4 is 0 Å². The van der Waals surface area contributed by atoms with Crippen molar-refractivity contribution in [3.8, 4) is 0 Å². The molecule has 0 aromatic rings. The third-order valence-corrected chi connectivity index (χ3v) is 8.75. The molecule has 4 rings (SSSR count). The van der Waals surface area contributed by atoms with Crippen LogP contribution in [0.5, 0.6) is 0 Å². The van der Waals surface area contributed by atoms with E-state index in [2.05, 4.69) is 13.8 Å². The van der Waals surface area contributed by atoms with Crippen LogP contribution in [0.15, 0.2) is 0 Å². The fraction of sp³-hybridized carbons (Fsp3) is 1.00. The number of methoxy groups -OCH3 is 1. The standard InChI is InChI=1S/C20H34O2/c1-19-9-4-5-15(19)14-7-6-13-11-17(21)18(22-3)12-20(13,2)16(14)8-10-19/h13-18,21H,4-12H2,1-3H3/t13-,14-,15-,16-,17-,18-,19-,20-/m0/s1. The molecule has 0 aromatic heterocycles. The molecule has 4 aliphatic carbocycles. The molecular formula is C20H34O2. The van der Waals surface area contributed by atoms with Crippen molar-refractivity contribution in [2.24, 2.45) is 34.5 Å². The molecule has 4 fully saturated rings. The van der Waals surface area contributed by atoms with Crippen molar-refractivity contribution in [2.45, 2.75) is 83.8 Å². The second-order valence-electron chi connectivity index (χ2n) is 9.52. The molecule has 0 unspecified atom stereocenters. The summed E-state index contributed by atoms with van der Waals surface area (Å²) in [5.41, 5.74) is 1.06. The highest BCUT2D eigenvalue weighted by Gasteiger charge is 2.59. The Kier molecular flexibility index (Phi) is 3.66. The van der Waals surface area contributed by atoms with Crippen molar-refractivity contribution in [1.29, 1.82) is 0 Å². The van der Waals surface area contributed by atoms with Gasteiger partial charge in [-0.2, -0.15) is 0 Å². The molecule has 0 bridgehead atoms. The zero-order valence-corrected chi connectivity index (χ0v) is 14.7. The van der Waals surface area contributed by atoms with Gasteiger partial charge in [-0.05, 0) is 85.9 Å². The molecule has 0 heterocycles. The number of rotatable bonds is 1. The maximum atomic E-state index is 10.4. The molecular weight excluding hydrogens is 272 g/mol. The molecule has 0 saturated heterocycles. The lowest BCUT2D eigenvalue weighted by molar-refractivity contribution is -0.163. The second-order valence-corrected chi connectivity index (χ2v) is 9.52. The molecule has 1 N–H and O–H groups in total. The van der Waals surface area contributed by atoms with Crippen LogP contribution in [-0.4, -0.2) is 24.4 Å². The van der Waals surface area contributed by atoms with E-state index in [1.165, 1.54) is 44.9 Å². The van der Waals surface area contributed by atoms with Gasteiger partial charge in [0.2, 0.25) is 0 Å². The first-order valence-corrected chi connectivity index (χ1v) is 9.69. The summed E-state index contributed by atoms with van der Waals surface area (Å²) in [6.45, 7) is 5.13. The number of hydrogen-bond acceptors (Lipinski definition) is 2. The van der Waals surface area contributed by atoms with E-state index in [0.29, 0.717) is 10.8 Å². The Balaban J connectivity index is 1.62. The molecule has 4 saturated carbocycles. The van der Waals surface area contributed by atoms with Crippen molar-refractivity contribution >= 4 is 0 Å². The Morgan fingerprint density at radius 2 is 1.82 bits per heavy atom. The van der Waals surface area contributed by atoms with Gasteiger partial charge in [0.25, 0.3) is 0 Å². The van der Waals surface area contributed by atoms with Crippen LogP contribution in [0, 0.1) is 34.5 Å². The molecule has 8 atom stereocenters. The van der Waals surface area contributed by atoms with Crippen LogP contribution in [0.3, 0.4) is 0 Å². The highest BCUT2D eigenvalue weighted by molar-refractivity contribution is 5.08. The van der Waals surface area contributed by atoms with E-state index in [1.807, 2.05) is 0 Å². The average molecular weight is 306 g/mol. The lowest BCUT2D eigenvalue weighted by atomic mass is 9.45. The van der Waals surface area contributed by atoms with Crippen LogP contribution in [0.2, 0.25) is 0 Å². The van der Waals surface area contributed by atoms with Crippen molar-refractivity contribution in [1.82, 2.24) is 0 Å². The zero-order chi connectivity index (χ0) is 15.5. The summed E-state index contributed by atoms with van der Waals surface area (Å²) in [7, 11) is 1.78. The van der Waals surface area contributed by atoms with E-state index in [4.69, 9.17) is 4.74 Å². The lowest BCUT2D eigenvalue weighted by Crippen LogP contribution is -2.56. The Morgan fingerprint density at radius 3 is 2.59 bits per heavy atom. The fourth-order valence-electron chi connectivity index (χ4n) is 7.49. The van der Waals surface area contributed by atoms with E-state index in [9.17, 15) is 5.11 Å². The Hall–Kier alpha value is -0.0800. The Morgan fingerprint density at radius 1 is 1.00 bits per heavy atom. The van der Waals surface area contributed by atoms with Crippen molar-refractivity contribution in [3.63, 3.8) is 0 Å². The molecule has 0 aromatic carbocycles. The Labute approximate surface area is 136 Å². The fourth-order valence-corrected chi connectivity index (χ4v) is 7.49. The first-order chi connectivity index (χ1) is 10.5. The van der Waals surface area contributed by atoms with Gasteiger partial charge in [-0.15, -0.1) is 0 Å². The largest absolute Gasteiger partial charge is 0.390 e. The van der Waals surface area contributed by atoms with Crippen LogP contribution in [-0.2, 0) is 4.74 Å². The van der Waals surface area contributed by atoms with Gasteiger partial charge in [-0.3, -0.25) is 0 Å². The van der Waals surface area contributed by atoms with Crippen molar-refractivity contribution in [3.05, 3.63) is 0 Å². The van der Waals surface area contributed by atoms with Crippen molar-refractivity contribution < 1.29 is 9.84 Å². The van der Waals surface area contributed by atoms with Gasteiger partial charge in [0.1, 0.15) is 0 Å². The van der Waals surface area contributed by atoms with Gasteiger partial charge in [-0.1, -0.05) is 20.3 Å². The number of aliphatic hydroxyl groups is 1. The first-order valence-electron chi connectivity index (χ1n) is 9.69. The highest BCUT2D eigenvalue weighted by Crippen LogP contribution is 2.66. The average Bonchev–Trinajstić information content (AvgIpc) is 2.89. The molecule has 0 amide bonds. The highest BCUT2D eigenvalue weighted by atomic mass is 16.5. The van der Waals surface area contributed by atoms with Gasteiger partial charge in [0.15, 0.2) is 0 Å². The quantitative estimate of drug-likeness (QED) is 0.778. The molecule has 22 heavy (non-hydrogen) atoms. The van der Waals surface area contributed by atoms with E-state index >= 15 is 0 Å². The molecule has 0 aliphatic heterocycles. The van der Waals surface area contributed by atoms with E-state index in [0.717, 1.165) is 36.5 Å². The molecule has 2 nitrogen and oxygen atoms in total. The molecule has 4 aliphatic rings. The maximum Gasteiger partial charge on any atom is 0.0835 e. The van der Waals surface area contributed by atoms with E-state index < -0.39 is 0 Å². The van der Waals surface area contributed by atoms with Crippen LogP contribution in [0.4, 0.5) is 0 Å². The summed E-state index contributed by atoms with van der Waals surface area (Å²) in [6, 6.07) is 0. The van der Waals surface area contributed by atoms with Crippen LogP contribution >= 0.6 is 0 Å². The molecule has 0 radical (unpaired) electrons. The van der Waals surface area contributed by atoms with Gasteiger partial charge in [-0.25, -0.2) is 0 Å². The lowest BCUT2D eigenvalue weighted by Gasteiger charge is -2.61. The third-order valence-electron chi connectivity index (χ3n) is 8.75. The van der Waals surface area contributed by atoms with Gasteiger partial charge in [0.05, 0.1) is 12.2 Å². The summed E-state index contributed by atoms with van der Waals surface area (Å²) in [4.78, 5) is 0. The van der Waals surface area contributed by atoms with Crippen LogP contribution in [0.25, 0.3) is 0 Å². The van der Waals surface area contributed by atoms with E-state index in [-0.39, 0.29) is 12.2 Å². The monoisotopic (exact) mass is 306 g/mol. The van der Waals surface area contributed by atoms with Gasteiger partial charge in [0, 0.05) is 7.11 Å². The SMILES string of the molecule is CO[C@H]1C[C@@]2(C)[C@@H](CC[C@H]3[C@@H]4CCC[C@@]4(C)CC[C@@H]32)C[C@@H]1O. The summed E-state index contributed by atoms with van der Waals surface area (Å²) in [6.07, 6.45) is 11.9. The number of fused-ring (bicyclic) bond motifs is 5. The summed E-state index contributed by atoms with van der Waals surface area (Å²) in [5, 5.41) is 10.4. The zero-order valence-electron chi connectivity index (χ0n) is 14.7. The van der Waals surface area contributed by atoms with Gasteiger partial charge < -0.3 is 9.84 Å². The smallest absolute Gasteiger partial charge is 0.0835 e. The first kappa shape index (κ1) is 15.4. The van der Waals surface area contributed by atoms with Crippen molar-refractivity contribution in [2.75, 3.05) is 7.11 Å². The summed E-state index contributed by atoms with van der Waals surface area (Å²) < 4.78 is 5.65. The minimum atomic E-state index is -0.236. The molecule has 126 valence electrons. The summed E-state index contributed by atoms with van der Waals surface area (Å²) in [5.74, 6) is 3.54. The minimum absolute atomic E-state index is 0.0666. The maximum absolute atomic E-state index is 10.4. The number of aliphatic hydroxyl groups excluding tert-OH is 1. The topological polar surface area (TPSA) is 29.5 Å². The molecule has 2 heteroatoms. The predicted octanol–water partition coefficient (Wildman–Crippen LogP) is 4.41. The third kappa shape index (κ3) is 2.05. The van der Waals surface area contributed by atoms with E-state index in [1.54, 1.807) is 7.11 Å². The van der Waals surface area contributed by atoms with Crippen LogP contribution in [0.1, 0.15) is 71.6 Å². The summed E-state index contributed by atoms with van der Waals surface area (Å²) >= 11 is 0. The molecule has 0 spiro atoms. The van der Waals surface area contributed by atoms with Gasteiger partial charge >= 0.3 is 0 Å². The normalized spacial score (nSPS) is 57.8. The number of hydrogen-bond donors (Lipinski definition) is 1. The predicted molar refractivity (Wildman–Crippen MR) is 88.5 cm³/mol. The second kappa shape index (κ2) is 5.21. The number of ether oxygens (including phenoxy) is 1. The minimum Gasteiger partial charge on any atom is -0.390 e. The Bertz CT molecular complexity index is 435.